The normalized spacial score (nSPS) is 21.3. The second-order valence-electron chi connectivity index (χ2n) is 7.45. The van der Waals surface area contributed by atoms with Crippen LogP contribution in [0.4, 0.5) is 0 Å². The fourth-order valence-electron chi connectivity index (χ4n) is 3.56. The van der Waals surface area contributed by atoms with E-state index in [0.717, 1.165) is 11.8 Å². The summed E-state index contributed by atoms with van der Waals surface area (Å²) >= 11 is 4.29. The highest BCUT2D eigenvalue weighted by Gasteiger charge is 2.30. The average molecular weight is 298 g/mol. The largest absolute Gasteiger partial charge is 0.372 e. The van der Waals surface area contributed by atoms with Gasteiger partial charge in [-0.3, -0.25) is 0 Å². The van der Waals surface area contributed by atoms with Crippen molar-refractivity contribution in [2.45, 2.75) is 85.6 Å². The van der Waals surface area contributed by atoms with Gasteiger partial charge in [-0.15, -0.1) is 0 Å². The molecule has 1 unspecified atom stereocenters. The molecular weight excluding hydrogens is 262 g/mol. The SMILES string of the molecule is C/C(CCCCCCS)=C(\N1CCCC1C)C(C)(C)C. The maximum absolute atomic E-state index is 4.29. The Labute approximate surface area is 132 Å². The Morgan fingerprint density at radius 3 is 2.30 bits per heavy atom. The molecule has 118 valence electrons. The number of hydrogen-bond acceptors (Lipinski definition) is 2. The highest BCUT2D eigenvalue weighted by molar-refractivity contribution is 7.80. The molecule has 1 fully saturated rings. The van der Waals surface area contributed by atoms with Gasteiger partial charge < -0.3 is 4.90 Å². The lowest BCUT2D eigenvalue weighted by molar-refractivity contribution is 0.256. The second-order valence-corrected chi connectivity index (χ2v) is 7.90. The van der Waals surface area contributed by atoms with Crippen LogP contribution in [0, 0.1) is 5.41 Å². The summed E-state index contributed by atoms with van der Waals surface area (Å²) in [4.78, 5) is 2.68. The number of nitrogens with zero attached hydrogens (tertiary/aromatic N) is 1. The van der Waals surface area contributed by atoms with Crippen LogP contribution >= 0.6 is 12.6 Å². The zero-order chi connectivity index (χ0) is 15.2. The van der Waals surface area contributed by atoms with Crippen LogP contribution in [-0.4, -0.2) is 23.2 Å². The lowest BCUT2D eigenvalue weighted by Gasteiger charge is -2.37. The van der Waals surface area contributed by atoms with Crippen molar-refractivity contribution in [3.63, 3.8) is 0 Å². The van der Waals surface area contributed by atoms with Crippen LogP contribution in [0.5, 0.6) is 0 Å². The Kier molecular flexibility index (Phi) is 7.50. The standard InChI is InChI=1S/C18H35NS/c1-15(11-8-6-7-9-14-20)17(18(3,4)5)19-13-10-12-16(19)2/h16,20H,6-14H2,1-5H3/b17-15+. The molecular formula is C18H35NS. The van der Waals surface area contributed by atoms with E-state index >= 15 is 0 Å². The van der Waals surface area contributed by atoms with Crippen LogP contribution in [0.15, 0.2) is 11.3 Å². The van der Waals surface area contributed by atoms with Crippen LogP contribution < -0.4 is 0 Å². The van der Waals surface area contributed by atoms with Crippen molar-refractivity contribution in [2.24, 2.45) is 5.41 Å². The summed E-state index contributed by atoms with van der Waals surface area (Å²) in [5, 5.41) is 0. The molecule has 0 aliphatic carbocycles. The molecule has 0 bridgehead atoms. The molecule has 1 rings (SSSR count). The summed E-state index contributed by atoms with van der Waals surface area (Å²) in [5.74, 6) is 1.04. The molecule has 1 aliphatic heterocycles. The van der Waals surface area contributed by atoms with Crippen molar-refractivity contribution < 1.29 is 0 Å². The van der Waals surface area contributed by atoms with Crippen LogP contribution in [0.2, 0.25) is 0 Å². The molecule has 0 saturated carbocycles. The molecule has 1 heterocycles. The summed E-state index contributed by atoms with van der Waals surface area (Å²) in [6.07, 6.45) is 9.27. The molecule has 2 heteroatoms. The van der Waals surface area contributed by atoms with Gasteiger partial charge in [0.2, 0.25) is 0 Å². The summed E-state index contributed by atoms with van der Waals surface area (Å²) < 4.78 is 0. The molecule has 0 N–H and O–H groups in total. The fraction of sp³-hybridized carbons (Fsp3) is 0.889. The van der Waals surface area contributed by atoms with Crippen molar-refractivity contribution in [1.82, 2.24) is 4.90 Å². The first-order valence-electron chi connectivity index (χ1n) is 8.45. The monoisotopic (exact) mass is 297 g/mol. The van der Waals surface area contributed by atoms with E-state index in [9.17, 15) is 0 Å². The van der Waals surface area contributed by atoms with Crippen molar-refractivity contribution >= 4 is 12.6 Å². The second kappa shape index (κ2) is 8.36. The van der Waals surface area contributed by atoms with E-state index in [1.165, 1.54) is 51.5 Å². The van der Waals surface area contributed by atoms with Crippen molar-refractivity contribution in [3.8, 4) is 0 Å². The molecule has 1 saturated heterocycles. The minimum Gasteiger partial charge on any atom is -0.372 e. The molecule has 1 nitrogen and oxygen atoms in total. The quantitative estimate of drug-likeness (QED) is 0.468. The van der Waals surface area contributed by atoms with Crippen LogP contribution in [-0.2, 0) is 0 Å². The minimum atomic E-state index is 0.272. The van der Waals surface area contributed by atoms with E-state index in [0.29, 0.717) is 0 Å². The molecule has 0 aromatic heterocycles. The van der Waals surface area contributed by atoms with Crippen molar-refractivity contribution in [2.75, 3.05) is 12.3 Å². The van der Waals surface area contributed by atoms with Gasteiger partial charge in [0.25, 0.3) is 0 Å². The van der Waals surface area contributed by atoms with Crippen LogP contribution in [0.1, 0.15) is 79.6 Å². The topological polar surface area (TPSA) is 3.24 Å². The number of thiol groups is 1. The molecule has 20 heavy (non-hydrogen) atoms. The maximum atomic E-state index is 4.29. The zero-order valence-corrected chi connectivity index (χ0v) is 15.2. The van der Waals surface area contributed by atoms with E-state index in [1.807, 2.05) is 0 Å². The predicted molar refractivity (Wildman–Crippen MR) is 94.5 cm³/mol. The number of allylic oxidation sites excluding steroid dienone is 2. The summed E-state index contributed by atoms with van der Waals surface area (Å²) in [6.45, 7) is 13.1. The van der Waals surface area contributed by atoms with E-state index < -0.39 is 0 Å². The van der Waals surface area contributed by atoms with E-state index in [4.69, 9.17) is 0 Å². The summed E-state index contributed by atoms with van der Waals surface area (Å²) in [7, 11) is 0. The maximum Gasteiger partial charge on any atom is 0.0259 e. The lowest BCUT2D eigenvalue weighted by atomic mass is 9.86. The Bertz CT molecular complexity index is 314. The molecule has 0 spiro atoms. The molecule has 0 aromatic carbocycles. The van der Waals surface area contributed by atoms with Crippen molar-refractivity contribution in [3.05, 3.63) is 11.3 Å². The fourth-order valence-corrected chi connectivity index (χ4v) is 3.78. The molecule has 0 radical (unpaired) electrons. The van der Waals surface area contributed by atoms with Gasteiger partial charge in [0.05, 0.1) is 0 Å². The number of rotatable bonds is 7. The van der Waals surface area contributed by atoms with Gasteiger partial charge in [-0.05, 0) is 51.7 Å². The summed E-state index contributed by atoms with van der Waals surface area (Å²) in [6, 6.07) is 0.725. The van der Waals surface area contributed by atoms with Gasteiger partial charge >= 0.3 is 0 Å². The first-order valence-corrected chi connectivity index (χ1v) is 9.09. The van der Waals surface area contributed by atoms with E-state index in [1.54, 1.807) is 11.3 Å². The third-order valence-corrected chi connectivity index (χ3v) is 4.73. The van der Waals surface area contributed by atoms with Gasteiger partial charge in [0, 0.05) is 23.7 Å². The molecule has 1 atom stereocenters. The lowest BCUT2D eigenvalue weighted by Crippen LogP contribution is -2.34. The van der Waals surface area contributed by atoms with Gasteiger partial charge in [-0.2, -0.15) is 12.6 Å². The predicted octanol–water partition coefficient (Wildman–Crippen LogP) is 5.67. The first-order chi connectivity index (χ1) is 9.38. The number of hydrogen-bond donors (Lipinski definition) is 1. The van der Waals surface area contributed by atoms with E-state index in [-0.39, 0.29) is 5.41 Å². The Morgan fingerprint density at radius 2 is 1.80 bits per heavy atom. The highest BCUT2D eigenvalue weighted by atomic mass is 32.1. The third-order valence-electron chi connectivity index (χ3n) is 4.41. The van der Waals surface area contributed by atoms with Gasteiger partial charge in [0.1, 0.15) is 0 Å². The molecule has 0 amide bonds. The molecule has 0 aromatic rings. The van der Waals surface area contributed by atoms with Crippen LogP contribution in [0.3, 0.4) is 0 Å². The Hall–Kier alpha value is -0.110. The Morgan fingerprint density at radius 1 is 1.15 bits per heavy atom. The van der Waals surface area contributed by atoms with Crippen molar-refractivity contribution in [1.29, 1.82) is 0 Å². The highest BCUT2D eigenvalue weighted by Crippen LogP contribution is 2.37. The van der Waals surface area contributed by atoms with Crippen LogP contribution in [0.25, 0.3) is 0 Å². The number of unbranched alkanes of at least 4 members (excludes halogenated alkanes) is 3. The Balaban J connectivity index is 2.68. The smallest absolute Gasteiger partial charge is 0.0259 e. The zero-order valence-electron chi connectivity index (χ0n) is 14.3. The first kappa shape index (κ1) is 17.9. The van der Waals surface area contributed by atoms with Gasteiger partial charge in [-0.1, -0.05) is 39.2 Å². The number of likely N-dealkylation sites (tertiary alicyclic amines) is 1. The van der Waals surface area contributed by atoms with Gasteiger partial charge in [0.15, 0.2) is 0 Å². The molecule has 1 aliphatic rings. The van der Waals surface area contributed by atoms with Gasteiger partial charge in [-0.25, -0.2) is 0 Å². The van der Waals surface area contributed by atoms with E-state index in [2.05, 4.69) is 52.1 Å². The average Bonchev–Trinajstić information content (AvgIpc) is 2.74. The third kappa shape index (κ3) is 5.35. The minimum absolute atomic E-state index is 0.272. The summed E-state index contributed by atoms with van der Waals surface area (Å²) in [5.41, 5.74) is 3.52.